The molecule has 8 nitrogen and oxygen atoms in total. The Labute approximate surface area is 166 Å². The zero-order valence-electron chi connectivity index (χ0n) is 16.3. The molecule has 0 saturated carbocycles. The number of benzene rings is 1. The second-order valence-corrected chi connectivity index (χ2v) is 6.78. The van der Waals surface area contributed by atoms with Gasteiger partial charge in [-0.3, -0.25) is 9.59 Å². The molecule has 0 aliphatic rings. The van der Waals surface area contributed by atoms with Gasteiger partial charge in [-0.1, -0.05) is 18.2 Å². The third-order valence-electron chi connectivity index (χ3n) is 4.75. The van der Waals surface area contributed by atoms with Crippen molar-refractivity contribution in [3.63, 3.8) is 0 Å². The number of para-hydroxylation sites is 1. The lowest BCUT2D eigenvalue weighted by molar-refractivity contribution is -0.121. The van der Waals surface area contributed by atoms with E-state index < -0.39 is 0 Å². The first-order valence-electron chi connectivity index (χ1n) is 9.36. The highest BCUT2D eigenvalue weighted by Gasteiger charge is 2.18. The number of fused-ring (bicyclic) bond motifs is 1. The van der Waals surface area contributed by atoms with Crippen molar-refractivity contribution in [3.05, 3.63) is 76.2 Å². The Kier molecular flexibility index (Phi) is 4.99. The smallest absolute Gasteiger partial charge is 0.278 e. The van der Waals surface area contributed by atoms with Gasteiger partial charge in [0.2, 0.25) is 5.91 Å². The van der Waals surface area contributed by atoms with Crippen LogP contribution in [0, 0.1) is 13.8 Å². The molecule has 29 heavy (non-hydrogen) atoms. The van der Waals surface area contributed by atoms with Crippen LogP contribution in [0.2, 0.25) is 0 Å². The van der Waals surface area contributed by atoms with E-state index in [-0.39, 0.29) is 18.0 Å². The molecule has 0 aliphatic heterocycles. The summed E-state index contributed by atoms with van der Waals surface area (Å²) in [6.07, 6.45) is 2.18. The normalized spacial score (nSPS) is 11.1. The van der Waals surface area contributed by atoms with Gasteiger partial charge in [-0.05, 0) is 38.1 Å². The van der Waals surface area contributed by atoms with Gasteiger partial charge in [-0.15, -0.1) is 0 Å². The highest BCUT2D eigenvalue weighted by Crippen LogP contribution is 2.19. The van der Waals surface area contributed by atoms with Gasteiger partial charge in [0.25, 0.3) is 5.56 Å². The summed E-state index contributed by atoms with van der Waals surface area (Å²) in [6.45, 7) is 3.91. The van der Waals surface area contributed by atoms with Crippen molar-refractivity contribution in [2.45, 2.75) is 26.8 Å². The van der Waals surface area contributed by atoms with Crippen LogP contribution in [-0.2, 0) is 17.8 Å². The Morgan fingerprint density at radius 2 is 1.90 bits per heavy atom. The van der Waals surface area contributed by atoms with Crippen LogP contribution in [0.5, 0.6) is 0 Å². The van der Waals surface area contributed by atoms with Crippen molar-refractivity contribution in [2.75, 3.05) is 6.54 Å². The van der Waals surface area contributed by atoms with E-state index in [2.05, 4.69) is 15.5 Å². The quantitative estimate of drug-likeness (QED) is 0.543. The van der Waals surface area contributed by atoms with Gasteiger partial charge < -0.3 is 9.73 Å². The van der Waals surface area contributed by atoms with Crippen molar-refractivity contribution in [1.82, 2.24) is 24.9 Å². The van der Waals surface area contributed by atoms with Gasteiger partial charge in [-0.25, -0.2) is 9.36 Å². The zero-order chi connectivity index (χ0) is 20.4. The molecule has 0 radical (unpaired) electrons. The molecule has 1 N–H and O–H groups in total. The Bertz CT molecular complexity index is 1210. The molecule has 0 fully saturated rings. The van der Waals surface area contributed by atoms with Crippen molar-refractivity contribution in [3.8, 4) is 5.69 Å². The third-order valence-corrected chi connectivity index (χ3v) is 4.75. The Morgan fingerprint density at radius 3 is 2.62 bits per heavy atom. The fraction of sp³-hybridized carbons (Fsp3) is 0.238. The van der Waals surface area contributed by atoms with E-state index >= 15 is 0 Å². The van der Waals surface area contributed by atoms with Crippen molar-refractivity contribution < 1.29 is 9.21 Å². The molecular weight excluding hydrogens is 370 g/mol. The molecular formula is C21H21N5O3. The number of amides is 1. The van der Waals surface area contributed by atoms with Gasteiger partial charge >= 0.3 is 0 Å². The predicted octanol–water partition coefficient (Wildman–Crippen LogP) is 2.15. The minimum absolute atomic E-state index is 0.149. The van der Waals surface area contributed by atoms with E-state index in [0.29, 0.717) is 35.3 Å². The van der Waals surface area contributed by atoms with Gasteiger partial charge in [-0.2, -0.15) is 10.2 Å². The lowest BCUT2D eigenvalue weighted by Gasteiger charge is -2.07. The van der Waals surface area contributed by atoms with Crippen LogP contribution >= 0.6 is 0 Å². The molecule has 0 bridgehead atoms. The average Bonchev–Trinajstić information content (AvgIpc) is 3.35. The molecule has 1 amide bonds. The van der Waals surface area contributed by atoms with Crippen LogP contribution in [0.15, 0.2) is 57.9 Å². The first kappa shape index (κ1) is 18.7. The van der Waals surface area contributed by atoms with Crippen LogP contribution in [0.1, 0.15) is 17.1 Å². The topological polar surface area (TPSA) is 95.0 Å². The number of hydrogen-bond donors (Lipinski definition) is 1. The minimum Gasteiger partial charge on any atom is -0.469 e. The molecule has 0 saturated heterocycles. The molecule has 148 valence electrons. The number of nitrogens with zero attached hydrogens (tertiary/aromatic N) is 4. The molecule has 0 aliphatic carbocycles. The van der Waals surface area contributed by atoms with Gasteiger partial charge in [0, 0.05) is 13.0 Å². The maximum atomic E-state index is 13.0. The van der Waals surface area contributed by atoms with E-state index in [1.165, 1.54) is 4.68 Å². The summed E-state index contributed by atoms with van der Waals surface area (Å²) in [6, 6.07) is 13.3. The summed E-state index contributed by atoms with van der Waals surface area (Å²) in [5.41, 5.74) is 2.40. The summed E-state index contributed by atoms with van der Waals surface area (Å²) in [5, 5.41) is 12.1. The van der Waals surface area contributed by atoms with Crippen LogP contribution in [0.3, 0.4) is 0 Å². The van der Waals surface area contributed by atoms with Crippen LogP contribution < -0.4 is 10.9 Å². The molecule has 1 aromatic carbocycles. The Hall–Kier alpha value is -3.68. The second kappa shape index (κ2) is 7.75. The van der Waals surface area contributed by atoms with Gasteiger partial charge in [0.15, 0.2) is 0 Å². The van der Waals surface area contributed by atoms with Gasteiger partial charge in [0.1, 0.15) is 17.8 Å². The molecule has 0 atom stereocenters. The largest absolute Gasteiger partial charge is 0.469 e. The fourth-order valence-corrected chi connectivity index (χ4v) is 3.31. The molecule has 4 rings (SSSR count). The number of furan rings is 1. The van der Waals surface area contributed by atoms with Crippen molar-refractivity contribution >= 4 is 16.8 Å². The number of nitrogens with one attached hydrogen (secondary N) is 1. The number of carbonyl (C=O) groups excluding carboxylic acids is 1. The van der Waals surface area contributed by atoms with Crippen LogP contribution in [-0.4, -0.2) is 32.0 Å². The van der Waals surface area contributed by atoms with Crippen LogP contribution in [0.4, 0.5) is 0 Å². The molecule has 0 spiro atoms. The Balaban J connectivity index is 1.59. The zero-order valence-corrected chi connectivity index (χ0v) is 16.3. The highest BCUT2D eigenvalue weighted by atomic mass is 16.3. The standard InChI is InChI=1S/C21H21N5O3/c1-14-20-19(15(2)26(24-20)16-7-4-3-5-8-16)21(28)25(23-14)13-18(27)22-11-10-17-9-6-12-29-17/h3-9,12H,10-11,13H2,1-2H3,(H,22,27). The van der Waals surface area contributed by atoms with Crippen LogP contribution in [0.25, 0.3) is 16.6 Å². The van der Waals surface area contributed by atoms with Crippen molar-refractivity contribution in [1.29, 1.82) is 0 Å². The number of aryl methyl sites for hydroxylation is 2. The highest BCUT2D eigenvalue weighted by molar-refractivity contribution is 5.83. The van der Waals surface area contributed by atoms with E-state index in [4.69, 9.17) is 4.42 Å². The SMILES string of the molecule is Cc1nn(CC(=O)NCCc2ccco2)c(=O)c2c(C)n(-c3ccccc3)nc12. The molecule has 3 aromatic heterocycles. The lowest BCUT2D eigenvalue weighted by atomic mass is 10.2. The minimum atomic E-state index is -0.327. The lowest BCUT2D eigenvalue weighted by Crippen LogP contribution is -2.35. The first-order chi connectivity index (χ1) is 14.0. The summed E-state index contributed by atoms with van der Waals surface area (Å²) in [4.78, 5) is 25.3. The Morgan fingerprint density at radius 1 is 1.10 bits per heavy atom. The first-order valence-corrected chi connectivity index (χ1v) is 9.36. The maximum Gasteiger partial charge on any atom is 0.278 e. The number of hydrogen-bond acceptors (Lipinski definition) is 5. The van der Waals surface area contributed by atoms with E-state index in [1.54, 1.807) is 23.9 Å². The summed E-state index contributed by atoms with van der Waals surface area (Å²) in [5.74, 6) is 0.514. The summed E-state index contributed by atoms with van der Waals surface area (Å²) < 4.78 is 8.17. The number of rotatable bonds is 6. The second-order valence-electron chi connectivity index (χ2n) is 6.78. The number of carbonyl (C=O) groups is 1. The van der Waals surface area contributed by atoms with E-state index in [9.17, 15) is 9.59 Å². The molecule has 0 unspecified atom stereocenters. The molecule has 4 aromatic rings. The summed E-state index contributed by atoms with van der Waals surface area (Å²) in [7, 11) is 0. The van der Waals surface area contributed by atoms with E-state index in [0.717, 1.165) is 11.4 Å². The fourth-order valence-electron chi connectivity index (χ4n) is 3.31. The predicted molar refractivity (Wildman–Crippen MR) is 108 cm³/mol. The maximum absolute atomic E-state index is 13.0. The average molecular weight is 391 g/mol. The molecule has 8 heteroatoms. The van der Waals surface area contributed by atoms with Gasteiger partial charge in [0.05, 0.1) is 28.7 Å². The summed E-state index contributed by atoms with van der Waals surface area (Å²) >= 11 is 0. The third kappa shape index (κ3) is 3.69. The monoisotopic (exact) mass is 391 g/mol. The molecule has 3 heterocycles. The number of aromatic nitrogens is 4. The van der Waals surface area contributed by atoms with Crippen molar-refractivity contribution in [2.24, 2.45) is 0 Å². The van der Waals surface area contributed by atoms with E-state index in [1.807, 2.05) is 43.3 Å².